The van der Waals surface area contributed by atoms with Crippen molar-refractivity contribution in [3.63, 3.8) is 0 Å². The fraction of sp³-hybridized carbons (Fsp3) is 0.455. The maximum Gasteiger partial charge on any atom is 0.311 e. The highest BCUT2D eigenvalue weighted by Crippen LogP contribution is 2.42. The summed E-state index contributed by atoms with van der Waals surface area (Å²) in [5.74, 6) is -0.111. The molecule has 2 aromatic carbocycles. The second kappa shape index (κ2) is 8.73. The Morgan fingerprint density at radius 1 is 1.23 bits per heavy atom. The van der Waals surface area contributed by atoms with Crippen LogP contribution in [0.15, 0.2) is 47.4 Å². The van der Waals surface area contributed by atoms with Gasteiger partial charge in [-0.15, -0.1) is 0 Å². The second-order valence-electron chi connectivity index (χ2n) is 7.80. The number of fused-ring (bicyclic) bond motifs is 1. The normalized spacial score (nSPS) is 22.7. The van der Waals surface area contributed by atoms with Crippen LogP contribution in [0.2, 0.25) is 0 Å². The molecule has 1 aliphatic rings. The molecule has 1 aliphatic heterocycles. The van der Waals surface area contributed by atoms with Crippen LogP contribution in [-0.2, 0) is 9.84 Å². The number of rotatable bonds is 7. The van der Waals surface area contributed by atoms with Gasteiger partial charge in [0.15, 0.2) is 15.6 Å². The molecule has 0 saturated heterocycles. The molecule has 7 nitrogen and oxygen atoms in total. The molecule has 0 aromatic heterocycles. The van der Waals surface area contributed by atoms with Crippen molar-refractivity contribution in [2.75, 3.05) is 12.9 Å². The molecular formula is C22H28N2O5S. The largest absolute Gasteiger partial charge is 0.490 e. The molecule has 0 saturated carbocycles. The summed E-state index contributed by atoms with van der Waals surface area (Å²) in [6.45, 7) is 4.06. The van der Waals surface area contributed by atoms with Crippen molar-refractivity contribution >= 4 is 15.5 Å². The second-order valence-corrected chi connectivity index (χ2v) is 9.76. The van der Waals surface area contributed by atoms with E-state index in [4.69, 9.17) is 4.74 Å². The third-order valence-corrected chi connectivity index (χ3v) is 7.85. The Kier molecular flexibility index (Phi) is 6.47. The van der Waals surface area contributed by atoms with Gasteiger partial charge in [0.25, 0.3) is 0 Å². The maximum atomic E-state index is 13.5. The smallest absolute Gasteiger partial charge is 0.311 e. The molecule has 0 spiro atoms. The Morgan fingerprint density at radius 2 is 1.93 bits per heavy atom. The van der Waals surface area contributed by atoms with Gasteiger partial charge in [-0.05, 0) is 24.0 Å². The molecule has 2 atom stereocenters. The van der Waals surface area contributed by atoms with E-state index in [2.05, 4.69) is 12.2 Å². The van der Waals surface area contributed by atoms with Crippen molar-refractivity contribution in [2.24, 2.45) is 0 Å². The molecule has 2 unspecified atom stereocenters. The van der Waals surface area contributed by atoms with Gasteiger partial charge < -0.3 is 4.74 Å². The first kappa shape index (κ1) is 22.2. The van der Waals surface area contributed by atoms with Crippen molar-refractivity contribution < 1.29 is 18.1 Å². The molecule has 0 amide bonds. The van der Waals surface area contributed by atoms with Gasteiger partial charge in [-0.3, -0.25) is 15.4 Å². The van der Waals surface area contributed by atoms with Crippen molar-refractivity contribution in [1.82, 2.24) is 5.32 Å². The van der Waals surface area contributed by atoms with Gasteiger partial charge in [0.05, 0.1) is 28.7 Å². The van der Waals surface area contributed by atoms with E-state index in [9.17, 15) is 18.5 Å². The highest BCUT2D eigenvalue weighted by molar-refractivity contribution is 7.91. The molecule has 0 fully saturated rings. The number of ether oxygens (including phenoxy) is 1. The first-order valence-electron chi connectivity index (χ1n) is 10.2. The average molecular weight is 433 g/mol. The summed E-state index contributed by atoms with van der Waals surface area (Å²) in [6, 6.07) is 11.7. The molecule has 0 radical (unpaired) electrons. The minimum Gasteiger partial charge on any atom is -0.490 e. The molecule has 0 aliphatic carbocycles. The third kappa shape index (κ3) is 4.20. The predicted octanol–water partition coefficient (Wildman–Crippen LogP) is 4.41. The molecule has 3 rings (SSSR count). The third-order valence-electron chi connectivity index (χ3n) is 5.89. The van der Waals surface area contributed by atoms with Gasteiger partial charge in [-0.1, -0.05) is 57.0 Å². The van der Waals surface area contributed by atoms with E-state index in [-0.39, 0.29) is 22.1 Å². The van der Waals surface area contributed by atoms with Crippen molar-refractivity contribution in [3.05, 3.63) is 63.7 Å². The van der Waals surface area contributed by atoms with E-state index in [0.29, 0.717) is 18.4 Å². The summed E-state index contributed by atoms with van der Waals surface area (Å²) >= 11 is 0. The molecular weight excluding hydrogens is 404 g/mol. The Hall–Kier alpha value is -2.45. The lowest BCUT2D eigenvalue weighted by Gasteiger charge is -2.35. The highest BCUT2D eigenvalue weighted by Gasteiger charge is 2.43. The van der Waals surface area contributed by atoms with E-state index in [1.54, 1.807) is 0 Å². The van der Waals surface area contributed by atoms with Gasteiger partial charge in [-0.25, -0.2) is 8.42 Å². The summed E-state index contributed by atoms with van der Waals surface area (Å²) in [7, 11) is -2.40. The van der Waals surface area contributed by atoms with Crippen LogP contribution < -0.4 is 10.1 Å². The van der Waals surface area contributed by atoms with Gasteiger partial charge in [0.2, 0.25) is 0 Å². The number of hydrogen-bond donors (Lipinski definition) is 1. The van der Waals surface area contributed by atoms with E-state index in [1.807, 2.05) is 37.3 Å². The van der Waals surface area contributed by atoms with Crippen LogP contribution in [-0.4, -0.2) is 31.7 Å². The molecule has 8 heteroatoms. The lowest BCUT2D eigenvalue weighted by atomic mass is 9.88. The molecule has 0 bridgehead atoms. The van der Waals surface area contributed by atoms with Crippen LogP contribution in [0.25, 0.3) is 0 Å². The van der Waals surface area contributed by atoms with Gasteiger partial charge in [-0.2, -0.15) is 0 Å². The first-order chi connectivity index (χ1) is 14.3. The monoisotopic (exact) mass is 432 g/mol. The summed E-state index contributed by atoms with van der Waals surface area (Å²) in [4.78, 5) is 11.2. The number of sulfone groups is 1. The summed E-state index contributed by atoms with van der Waals surface area (Å²) in [5, 5.41) is 15.2. The number of nitro groups is 1. The van der Waals surface area contributed by atoms with Crippen LogP contribution in [0.4, 0.5) is 5.69 Å². The fourth-order valence-corrected chi connectivity index (χ4v) is 6.32. The Balaban J connectivity index is 2.31. The zero-order valence-electron chi connectivity index (χ0n) is 17.6. The lowest BCUT2D eigenvalue weighted by Crippen LogP contribution is -2.50. The fourth-order valence-electron chi connectivity index (χ4n) is 4.18. The van der Waals surface area contributed by atoms with E-state index >= 15 is 0 Å². The number of nitrogens with one attached hydrogen (secondary N) is 1. The molecule has 162 valence electrons. The Bertz CT molecular complexity index is 1020. The predicted molar refractivity (Wildman–Crippen MR) is 116 cm³/mol. The standard InChI is InChI=1S/C22H28N2O5S/c1-4-6-12-22(5-2)15-30(27,28)20-14-19(29-3)18(24(25)26)13-17(20)21(23-22)16-10-8-7-9-11-16/h7-11,13-14,21,23H,4-6,12,15H2,1-3H3. The number of benzene rings is 2. The first-order valence-corrected chi connectivity index (χ1v) is 11.8. The quantitative estimate of drug-likeness (QED) is 0.514. The number of nitrogens with zero attached hydrogens (tertiary/aromatic N) is 1. The number of hydrogen-bond acceptors (Lipinski definition) is 6. The topological polar surface area (TPSA) is 98.5 Å². The van der Waals surface area contributed by atoms with E-state index in [1.165, 1.54) is 19.2 Å². The van der Waals surface area contributed by atoms with Gasteiger partial charge in [0.1, 0.15) is 0 Å². The summed E-state index contributed by atoms with van der Waals surface area (Å²) in [5.41, 5.74) is 0.382. The summed E-state index contributed by atoms with van der Waals surface area (Å²) < 4.78 is 32.1. The zero-order chi connectivity index (χ0) is 21.9. The summed E-state index contributed by atoms with van der Waals surface area (Å²) in [6.07, 6.45) is 3.17. The Labute approximate surface area is 177 Å². The van der Waals surface area contributed by atoms with Crippen molar-refractivity contribution in [2.45, 2.75) is 56.0 Å². The average Bonchev–Trinajstić information content (AvgIpc) is 2.84. The van der Waals surface area contributed by atoms with Crippen molar-refractivity contribution in [1.29, 1.82) is 0 Å². The molecule has 1 heterocycles. The van der Waals surface area contributed by atoms with Gasteiger partial charge >= 0.3 is 5.69 Å². The minimum atomic E-state index is -3.71. The van der Waals surface area contributed by atoms with Crippen LogP contribution in [0.3, 0.4) is 0 Å². The number of nitro benzene ring substituents is 1. The SMILES string of the molecule is CCCCC1(CC)CS(=O)(=O)c2cc(OC)c([N+](=O)[O-])cc2C(c2ccccc2)N1. The lowest BCUT2D eigenvalue weighted by molar-refractivity contribution is -0.385. The van der Waals surface area contributed by atoms with E-state index in [0.717, 1.165) is 18.4 Å². The Morgan fingerprint density at radius 3 is 2.50 bits per heavy atom. The van der Waals surface area contributed by atoms with Crippen LogP contribution in [0.5, 0.6) is 5.75 Å². The number of unbranched alkanes of at least 4 members (excludes halogenated alkanes) is 1. The minimum absolute atomic E-state index is 0.0494. The van der Waals surface area contributed by atoms with Crippen LogP contribution in [0.1, 0.15) is 56.7 Å². The van der Waals surface area contributed by atoms with Gasteiger partial charge in [0, 0.05) is 17.7 Å². The van der Waals surface area contributed by atoms with Crippen LogP contribution in [0, 0.1) is 10.1 Å². The molecule has 30 heavy (non-hydrogen) atoms. The van der Waals surface area contributed by atoms with Crippen LogP contribution >= 0.6 is 0 Å². The molecule has 1 N–H and O–H groups in total. The highest BCUT2D eigenvalue weighted by atomic mass is 32.2. The van der Waals surface area contributed by atoms with E-state index < -0.39 is 26.3 Å². The zero-order valence-corrected chi connectivity index (χ0v) is 18.4. The van der Waals surface area contributed by atoms with Crippen molar-refractivity contribution in [3.8, 4) is 5.75 Å². The maximum absolute atomic E-state index is 13.5. The number of methoxy groups -OCH3 is 1. The molecule has 2 aromatic rings.